The summed E-state index contributed by atoms with van der Waals surface area (Å²) in [7, 11) is 0. The van der Waals surface area contributed by atoms with Gasteiger partial charge in [0.05, 0.1) is 13.2 Å². The number of urea groups is 1. The molecule has 0 spiro atoms. The maximum Gasteiger partial charge on any atom is 0.415 e. The highest BCUT2D eigenvalue weighted by molar-refractivity contribution is 5.94. The Morgan fingerprint density at radius 3 is 2.44 bits per heavy atom. The van der Waals surface area contributed by atoms with Crippen LogP contribution < -0.4 is 10.1 Å². The average Bonchev–Trinajstić information content (AvgIpc) is 3.12. The standard InChI is InChI=1S/C32H41N3O6/c1-5-7-18-40-29-22(3)19-24(20-23(29)4)21-28(30(36)39-6-2)41-32(38)34-15-13-26(14-16-34)35-17-12-25-10-8-9-11-27(25)33-31(35)37/h8-11,19-21,26H,5-7,12-18H2,1-4H3,(H,33,37)/b28-21-. The van der Waals surface area contributed by atoms with Gasteiger partial charge < -0.3 is 29.3 Å². The van der Waals surface area contributed by atoms with Gasteiger partial charge in [-0.25, -0.2) is 14.4 Å². The van der Waals surface area contributed by atoms with Gasteiger partial charge in [-0.15, -0.1) is 0 Å². The van der Waals surface area contributed by atoms with Crippen LogP contribution in [0.25, 0.3) is 6.08 Å². The lowest BCUT2D eigenvalue weighted by atomic mass is 10.0. The van der Waals surface area contributed by atoms with Gasteiger partial charge in [-0.05, 0) is 93.0 Å². The Morgan fingerprint density at radius 1 is 1.05 bits per heavy atom. The number of aryl methyl sites for hydroxylation is 2. The molecular weight excluding hydrogens is 522 g/mol. The van der Waals surface area contributed by atoms with E-state index in [9.17, 15) is 14.4 Å². The molecule has 1 N–H and O–H groups in total. The Labute approximate surface area is 242 Å². The van der Waals surface area contributed by atoms with Gasteiger partial charge in [-0.1, -0.05) is 31.5 Å². The van der Waals surface area contributed by atoms with E-state index in [1.165, 1.54) is 6.08 Å². The number of rotatable bonds is 9. The predicted molar refractivity (Wildman–Crippen MR) is 158 cm³/mol. The first-order valence-electron chi connectivity index (χ1n) is 14.6. The van der Waals surface area contributed by atoms with E-state index < -0.39 is 12.1 Å². The highest BCUT2D eigenvalue weighted by Crippen LogP contribution is 2.28. The van der Waals surface area contributed by atoms with Crippen molar-refractivity contribution in [2.45, 2.75) is 65.8 Å². The first kappa shape index (κ1) is 30.0. The average molecular weight is 564 g/mol. The van der Waals surface area contributed by atoms with Crippen molar-refractivity contribution < 1.29 is 28.6 Å². The third-order valence-electron chi connectivity index (χ3n) is 7.50. The van der Waals surface area contributed by atoms with E-state index in [1.54, 1.807) is 11.8 Å². The quantitative estimate of drug-likeness (QED) is 0.172. The van der Waals surface area contributed by atoms with E-state index in [4.69, 9.17) is 14.2 Å². The Hall–Kier alpha value is -4.01. The molecule has 0 bridgehead atoms. The maximum absolute atomic E-state index is 13.1. The van der Waals surface area contributed by atoms with Crippen LogP contribution in [0, 0.1) is 13.8 Å². The normalized spacial score (nSPS) is 16.0. The number of anilines is 1. The summed E-state index contributed by atoms with van der Waals surface area (Å²) in [6.45, 7) is 9.98. The van der Waals surface area contributed by atoms with Crippen molar-refractivity contribution >= 4 is 29.9 Å². The molecule has 0 radical (unpaired) electrons. The second-order valence-corrected chi connectivity index (χ2v) is 10.5. The highest BCUT2D eigenvalue weighted by atomic mass is 16.6. The number of amides is 3. The fourth-order valence-corrected chi connectivity index (χ4v) is 5.35. The number of fused-ring (bicyclic) bond motifs is 1. The Kier molecular flexibility index (Phi) is 10.3. The summed E-state index contributed by atoms with van der Waals surface area (Å²) in [4.78, 5) is 42.2. The number of unbranched alkanes of at least 4 members (excludes halogenated alkanes) is 1. The van der Waals surface area contributed by atoms with Crippen LogP contribution >= 0.6 is 0 Å². The summed E-state index contributed by atoms with van der Waals surface area (Å²) >= 11 is 0. The Bertz CT molecular complexity index is 1260. The van der Waals surface area contributed by atoms with Crippen LogP contribution in [0.2, 0.25) is 0 Å². The lowest BCUT2D eigenvalue weighted by molar-refractivity contribution is -0.141. The van der Waals surface area contributed by atoms with Crippen LogP contribution in [0.1, 0.15) is 61.8 Å². The number of para-hydroxylation sites is 1. The lowest BCUT2D eigenvalue weighted by Crippen LogP contribution is -2.50. The van der Waals surface area contributed by atoms with E-state index in [0.717, 1.165) is 47.4 Å². The molecule has 2 heterocycles. The summed E-state index contributed by atoms with van der Waals surface area (Å²) in [5.41, 5.74) is 4.55. The van der Waals surface area contributed by atoms with E-state index in [1.807, 2.05) is 55.1 Å². The van der Waals surface area contributed by atoms with Gasteiger partial charge in [-0.2, -0.15) is 0 Å². The molecule has 0 atom stereocenters. The second-order valence-electron chi connectivity index (χ2n) is 10.5. The van der Waals surface area contributed by atoms with Crippen LogP contribution in [-0.2, 0) is 20.7 Å². The largest absolute Gasteiger partial charge is 0.493 e. The van der Waals surface area contributed by atoms with Crippen molar-refractivity contribution in [3.05, 3.63) is 64.4 Å². The van der Waals surface area contributed by atoms with Crippen LogP contribution in [0.5, 0.6) is 5.75 Å². The van der Waals surface area contributed by atoms with Crippen molar-refractivity contribution in [1.29, 1.82) is 0 Å². The van der Waals surface area contributed by atoms with Crippen LogP contribution in [-0.4, -0.2) is 66.8 Å². The number of likely N-dealkylation sites (tertiary alicyclic amines) is 1. The number of esters is 1. The summed E-state index contributed by atoms with van der Waals surface area (Å²) < 4.78 is 16.7. The fourth-order valence-electron chi connectivity index (χ4n) is 5.35. The summed E-state index contributed by atoms with van der Waals surface area (Å²) in [5, 5.41) is 3.02. The number of benzene rings is 2. The number of hydrogen-bond acceptors (Lipinski definition) is 6. The van der Waals surface area contributed by atoms with Gasteiger partial charge in [0, 0.05) is 31.4 Å². The summed E-state index contributed by atoms with van der Waals surface area (Å²) in [6.07, 6.45) is 4.97. The molecule has 0 aromatic heterocycles. The molecule has 2 aromatic carbocycles. The molecule has 0 unspecified atom stereocenters. The number of hydrogen-bond donors (Lipinski definition) is 1. The topological polar surface area (TPSA) is 97.4 Å². The second kappa shape index (κ2) is 14.1. The zero-order chi connectivity index (χ0) is 29.4. The lowest BCUT2D eigenvalue weighted by Gasteiger charge is -2.37. The zero-order valence-electron chi connectivity index (χ0n) is 24.5. The Morgan fingerprint density at radius 2 is 1.76 bits per heavy atom. The molecule has 4 rings (SSSR count). The highest BCUT2D eigenvalue weighted by Gasteiger charge is 2.32. The molecule has 9 heteroatoms. The monoisotopic (exact) mass is 563 g/mol. The van der Waals surface area contributed by atoms with Crippen molar-refractivity contribution in [2.75, 3.05) is 38.2 Å². The Balaban J connectivity index is 1.40. The number of carbonyl (C=O) groups excluding carboxylic acids is 3. The van der Waals surface area contributed by atoms with Crippen LogP contribution in [0.15, 0.2) is 42.2 Å². The molecule has 1 fully saturated rings. The minimum absolute atomic E-state index is 0.0115. The molecule has 0 aliphatic carbocycles. The van der Waals surface area contributed by atoms with Gasteiger partial charge in [0.1, 0.15) is 5.75 Å². The minimum atomic E-state index is -0.699. The van der Waals surface area contributed by atoms with Crippen molar-refractivity contribution in [3.8, 4) is 5.75 Å². The van der Waals surface area contributed by atoms with Crippen LogP contribution in [0.3, 0.4) is 0 Å². The van der Waals surface area contributed by atoms with Gasteiger partial charge >= 0.3 is 18.1 Å². The van der Waals surface area contributed by atoms with Crippen molar-refractivity contribution in [3.63, 3.8) is 0 Å². The third kappa shape index (κ3) is 7.60. The third-order valence-corrected chi connectivity index (χ3v) is 7.50. The molecule has 2 aliphatic rings. The zero-order valence-corrected chi connectivity index (χ0v) is 24.5. The molecule has 0 saturated carbocycles. The molecule has 220 valence electrons. The molecule has 3 amide bonds. The number of carbonyl (C=O) groups is 3. The van der Waals surface area contributed by atoms with Gasteiger partial charge in [0.25, 0.3) is 0 Å². The first-order valence-corrected chi connectivity index (χ1v) is 14.6. The van der Waals surface area contributed by atoms with E-state index in [0.29, 0.717) is 44.6 Å². The molecule has 2 aromatic rings. The molecule has 1 saturated heterocycles. The van der Waals surface area contributed by atoms with Crippen molar-refractivity contribution in [2.24, 2.45) is 0 Å². The smallest absolute Gasteiger partial charge is 0.415 e. The number of ether oxygens (including phenoxy) is 3. The van der Waals surface area contributed by atoms with E-state index >= 15 is 0 Å². The van der Waals surface area contributed by atoms with E-state index in [2.05, 4.69) is 12.2 Å². The van der Waals surface area contributed by atoms with E-state index in [-0.39, 0.29) is 24.4 Å². The summed E-state index contributed by atoms with van der Waals surface area (Å²) in [6, 6.07) is 11.5. The minimum Gasteiger partial charge on any atom is -0.493 e. The van der Waals surface area contributed by atoms with Gasteiger partial charge in [0.15, 0.2) is 0 Å². The molecule has 41 heavy (non-hydrogen) atoms. The van der Waals surface area contributed by atoms with Crippen LogP contribution in [0.4, 0.5) is 15.3 Å². The maximum atomic E-state index is 13.1. The number of nitrogens with one attached hydrogen (secondary N) is 1. The molecule has 9 nitrogen and oxygen atoms in total. The van der Waals surface area contributed by atoms with Gasteiger partial charge in [-0.3, -0.25) is 0 Å². The fraction of sp³-hybridized carbons (Fsp3) is 0.469. The SMILES string of the molecule is CCCCOc1c(C)cc(/C=C(\OC(=O)N2CCC(N3CCc4ccccc4NC3=O)CC2)C(=O)OCC)cc1C. The molecule has 2 aliphatic heterocycles. The van der Waals surface area contributed by atoms with Gasteiger partial charge in [0.2, 0.25) is 5.76 Å². The van der Waals surface area contributed by atoms with Crippen molar-refractivity contribution in [1.82, 2.24) is 9.80 Å². The molecular formula is C32H41N3O6. The number of nitrogens with zero attached hydrogens (tertiary/aromatic N) is 2. The first-order chi connectivity index (χ1) is 19.8. The summed E-state index contributed by atoms with van der Waals surface area (Å²) in [5.74, 6) is -0.0349. The predicted octanol–water partition coefficient (Wildman–Crippen LogP) is 6.08. The number of piperidine rings is 1.